The fraction of sp³-hybridized carbons (Fsp3) is 0.952. The number of rotatable bonds is 82. The van der Waals surface area contributed by atoms with Crippen molar-refractivity contribution in [3.63, 3.8) is 0 Å². The molecule has 0 saturated heterocycles. The lowest BCUT2D eigenvalue weighted by Crippen LogP contribution is -2.30. The Hall–Kier alpha value is -1.94. The van der Waals surface area contributed by atoms with Gasteiger partial charge in [0, 0.05) is 25.7 Å². The summed E-state index contributed by atoms with van der Waals surface area (Å²) in [5.74, 6) is -0.618. The van der Waals surface area contributed by atoms with E-state index < -0.39 is 97.5 Å². The van der Waals surface area contributed by atoms with E-state index in [0.29, 0.717) is 31.6 Å². The maximum absolute atomic E-state index is 13.1. The molecule has 0 rings (SSSR count). The van der Waals surface area contributed by atoms with Crippen molar-refractivity contribution >= 4 is 39.5 Å². The second kappa shape index (κ2) is 74.5. The number of carbonyl (C=O) groups is 4. The molecular weight excluding hydrogens is 1330 g/mol. The Labute approximate surface area is 626 Å². The van der Waals surface area contributed by atoms with E-state index in [1.807, 2.05) is 0 Å². The molecule has 0 aromatic carbocycles. The van der Waals surface area contributed by atoms with E-state index in [0.717, 1.165) is 102 Å². The first-order valence-electron chi connectivity index (χ1n) is 43.0. The average Bonchev–Trinajstić information content (AvgIpc) is 0.913. The third kappa shape index (κ3) is 76.3. The first-order chi connectivity index (χ1) is 49.4. The molecule has 0 fully saturated rings. The number of carbonyl (C=O) groups excluding carboxylic acids is 4. The van der Waals surface area contributed by atoms with Crippen molar-refractivity contribution < 1.29 is 80.2 Å². The lowest BCUT2D eigenvalue weighted by molar-refractivity contribution is -0.161. The summed E-state index contributed by atoms with van der Waals surface area (Å²) in [5.41, 5.74) is 0. The summed E-state index contributed by atoms with van der Waals surface area (Å²) in [7, 11) is -9.92. The van der Waals surface area contributed by atoms with Crippen molar-refractivity contribution in [2.45, 2.75) is 458 Å². The molecule has 0 aliphatic heterocycles. The molecule has 0 aromatic heterocycles. The largest absolute Gasteiger partial charge is 0.472 e. The van der Waals surface area contributed by atoms with Gasteiger partial charge in [-0.1, -0.05) is 388 Å². The smallest absolute Gasteiger partial charge is 0.462 e. The summed E-state index contributed by atoms with van der Waals surface area (Å²) in [5, 5.41) is 10.7. The van der Waals surface area contributed by atoms with Gasteiger partial charge in [-0.15, -0.1) is 0 Å². The van der Waals surface area contributed by atoms with Gasteiger partial charge in [0.15, 0.2) is 12.2 Å². The van der Waals surface area contributed by atoms with Gasteiger partial charge in [-0.05, 0) is 37.5 Å². The highest BCUT2D eigenvalue weighted by atomic mass is 31.2. The first-order valence-corrected chi connectivity index (χ1v) is 46.0. The topological polar surface area (TPSA) is 237 Å². The number of aliphatic hydroxyl groups excluding tert-OH is 1. The van der Waals surface area contributed by atoms with Crippen LogP contribution in [0.4, 0.5) is 0 Å². The summed E-state index contributed by atoms with van der Waals surface area (Å²) in [4.78, 5) is 73.1. The molecule has 5 atom stereocenters. The SMILES string of the molecule is CCCCCCCCCCCCCCCCCCCC(=O)OC[C@H](COP(=O)(O)OC[C@@H](O)COP(=O)(O)OC[C@@H](COC(=O)CCCCCCCCC(C)C)OC(=O)CCCCCCCCCCCCCCCCCCC)OC(=O)CCCCCCCCCCCCCCCCCCC(C)C. The van der Waals surface area contributed by atoms with Gasteiger partial charge in [-0.3, -0.25) is 37.3 Å². The lowest BCUT2D eigenvalue weighted by Gasteiger charge is -2.21. The van der Waals surface area contributed by atoms with Crippen molar-refractivity contribution in [1.82, 2.24) is 0 Å². The lowest BCUT2D eigenvalue weighted by atomic mass is 10.0. The molecule has 17 nitrogen and oxygen atoms in total. The summed E-state index contributed by atoms with van der Waals surface area (Å²) < 4.78 is 68.8. The van der Waals surface area contributed by atoms with Gasteiger partial charge in [0.1, 0.15) is 19.3 Å². The highest BCUT2D eigenvalue weighted by Crippen LogP contribution is 2.45. The van der Waals surface area contributed by atoms with Gasteiger partial charge < -0.3 is 33.8 Å². The second-order valence-corrected chi connectivity index (χ2v) is 33.7. The summed E-state index contributed by atoms with van der Waals surface area (Å²) >= 11 is 0. The van der Waals surface area contributed by atoms with E-state index in [1.54, 1.807) is 0 Å². The molecule has 0 aliphatic rings. The molecule has 19 heteroatoms. The maximum atomic E-state index is 13.1. The van der Waals surface area contributed by atoms with Crippen LogP contribution >= 0.6 is 15.6 Å². The van der Waals surface area contributed by atoms with Crippen LogP contribution in [0.15, 0.2) is 0 Å². The van der Waals surface area contributed by atoms with Crippen molar-refractivity contribution in [3.8, 4) is 0 Å². The molecule has 0 aromatic rings. The van der Waals surface area contributed by atoms with E-state index in [-0.39, 0.29) is 25.7 Å². The Bertz CT molecular complexity index is 1960. The number of aliphatic hydroxyl groups is 1. The molecule has 2 unspecified atom stereocenters. The van der Waals surface area contributed by atoms with Crippen molar-refractivity contribution in [3.05, 3.63) is 0 Å². The van der Waals surface area contributed by atoms with Crippen molar-refractivity contribution in [2.24, 2.45) is 11.8 Å². The average molecular weight is 1490 g/mol. The number of hydrogen-bond acceptors (Lipinski definition) is 15. The van der Waals surface area contributed by atoms with E-state index in [9.17, 15) is 43.2 Å². The fourth-order valence-corrected chi connectivity index (χ4v) is 14.5. The van der Waals surface area contributed by atoms with Crippen LogP contribution < -0.4 is 0 Å². The highest BCUT2D eigenvalue weighted by molar-refractivity contribution is 7.47. The molecule has 0 aliphatic carbocycles. The number of unbranched alkanes of at least 4 members (excludes halogenated alkanes) is 52. The standard InChI is InChI=1S/C83H162O17P2/c1-7-9-11-13-15-17-19-21-23-25-30-34-38-42-46-53-59-65-80(85)93-71-78(99-82(87)67-61-56-48-44-40-36-32-28-27-29-33-37-41-45-51-57-63-75(3)4)73-97-101(89,90)95-69-77(84)70-96-102(91,92)98-74-79(72-94-81(86)66-60-54-50-49-52-58-64-76(5)6)100-83(88)68-62-55-47-43-39-35-31-26-24-22-20-18-16-14-12-10-8-2/h75-79,84H,7-74H2,1-6H3,(H,89,90)(H,91,92)/t77-,78-,79-/m1/s1. The van der Waals surface area contributed by atoms with Gasteiger partial charge in [-0.25, -0.2) is 9.13 Å². The summed E-state index contributed by atoms with van der Waals surface area (Å²) in [6, 6.07) is 0. The predicted octanol–water partition coefficient (Wildman–Crippen LogP) is 25.1. The zero-order valence-corrected chi connectivity index (χ0v) is 68.7. The van der Waals surface area contributed by atoms with Gasteiger partial charge in [-0.2, -0.15) is 0 Å². The second-order valence-electron chi connectivity index (χ2n) is 30.8. The molecule has 0 saturated carbocycles. The molecule has 3 N–H and O–H groups in total. The Morgan fingerprint density at radius 1 is 0.265 bits per heavy atom. The molecule has 606 valence electrons. The van der Waals surface area contributed by atoms with Gasteiger partial charge in [0.25, 0.3) is 0 Å². The minimum absolute atomic E-state index is 0.108. The molecule has 0 spiro atoms. The molecular formula is C83H162O17P2. The van der Waals surface area contributed by atoms with E-state index >= 15 is 0 Å². The molecule has 0 radical (unpaired) electrons. The number of ether oxygens (including phenoxy) is 4. The minimum Gasteiger partial charge on any atom is -0.462 e. The Morgan fingerprint density at radius 3 is 0.667 bits per heavy atom. The van der Waals surface area contributed by atoms with Crippen LogP contribution in [0.2, 0.25) is 0 Å². The molecule has 0 heterocycles. The number of phosphoric ester groups is 2. The van der Waals surface area contributed by atoms with Crippen LogP contribution in [0.1, 0.15) is 440 Å². The van der Waals surface area contributed by atoms with Crippen LogP contribution in [0.25, 0.3) is 0 Å². The normalized spacial score (nSPS) is 13.9. The Balaban J connectivity index is 5.22. The zero-order chi connectivity index (χ0) is 74.9. The summed E-state index contributed by atoms with van der Waals surface area (Å²) in [6.07, 6.45) is 65.4. The molecule has 102 heavy (non-hydrogen) atoms. The quantitative estimate of drug-likeness (QED) is 0.0222. The van der Waals surface area contributed by atoms with Crippen LogP contribution in [0, 0.1) is 11.8 Å². The number of esters is 4. The van der Waals surface area contributed by atoms with Gasteiger partial charge >= 0.3 is 39.5 Å². The van der Waals surface area contributed by atoms with Gasteiger partial charge in [0.05, 0.1) is 26.4 Å². The predicted molar refractivity (Wildman–Crippen MR) is 418 cm³/mol. The number of hydrogen-bond donors (Lipinski definition) is 3. The third-order valence-electron chi connectivity index (χ3n) is 19.5. The Morgan fingerprint density at radius 2 is 0.451 bits per heavy atom. The van der Waals surface area contributed by atoms with Crippen LogP contribution in [0.3, 0.4) is 0 Å². The van der Waals surface area contributed by atoms with Crippen LogP contribution in [-0.4, -0.2) is 96.7 Å². The van der Waals surface area contributed by atoms with Gasteiger partial charge in [0.2, 0.25) is 0 Å². The maximum Gasteiger partial charge on any atom is 0.472 e. The highest BCUT2D eigenvalue weighted by Gasteiger charge is 2.30. The van der Waals surface area contributed by atoms with E-state index in [2.05, 4.69) is 41.5 Å². The summed E-state index contributed by atoms with van der Waals surface area (Å²) in [6.45, 7) is 9.60. The molecule has 0 amide bonds. The monoisotopic (exact) mass is 1490 g/mol. The van der Waals surface area contributed by atoms with Crippen LogP contribution in [0.5, 0.6) is 0 Å². The fourth-order valence-electron chi connectivity index (χ4n) is 12.9. The third-order valence-corrected chi connectivity index (χ3v) is 21.4. The minimum atomic E-state index is -4.96. The van der Waals surface area contributed by atoms with Crippen molar-refractivity contribution in [2.75, 3.05) is 39.6 Å². The van der Waals surface area contributed by atoms with Crippen molar-refractivity contribution in [1.29, 1.82) is 0 Å². The zero-order valence-electron chi connectivity index (χ0n) is 66.9. The Kier molecular flexibility index (Phi) is 73.1. The first kappa shape index (κ1) is 100. The molecule has 0 bridgehead atoms. The van der Waals surface area contributed by atoms with Crippen LogP contribution in [-0.2, 0) is 65.4 Å². The van der Waals surface area contributed by atoms with E-state index in [1.165, 1.54) is 250 Å². The van der Waals surface area contributed by atoms with E-state index in [4.69, 9.17) is 37.0 Å². The number of phosphoric acid groups is 2.